The minimum absolute atomic E-state index is 0.949. The predicted octanol–water partition coefficient (Wildman–Crippen LogP) is 3.79. The Labute approximate surface area is 114 Å². The first-order valence-corrected chi connectivity index (χ1v) is 7.18. The first-order valence-electron chi connectivity index (χ1n) is 6.39. The summed E-state index contributed by atoms with van der Waals surface area (Å²) in [7, 11) is 2.16. The van der Waals surface area contributed by atoms with Gasteiger partial charge in [-0.3, -0.25) is 0 Å². The highest BCUT2D eigenvalue weighted by Crippen LogP contribution is 2.24. The van der Waals surface area contributed by atoms with Gasteiger partial charge in [0.05, 0.1) is 0 Å². The van der Waals surface area contributed by atoms with Gasteiger partial charge in [-0.2, -0.15) is 0 Å². The third-order valence-electron chi connectivity index (χ3n) is 2.76. The van der Waals surface area contributed by atoms with Crippen LogP contribution in [0.5, 0.6) is 0 Å². The summed E-state index contributed by atoms with van der Waals surface area (Å²) in [6.45, 7) is 7.52. The van der Waals surface area contributed by atoms with Gasteiger partial charge in [0.2, 0.25) is 0 Å². The molecule has 96 valence electrons. The van der Waals surface area contributed by atoms with Crippen molar-refractivity contribution in [1.29, 1.82) is 0 Å². The lowest BCUT2D eigenvalue weighted by Gasteiger charge is -2.22. The fourth-order valence-electron chi connectivity index (χ4n) is 1.90. The number of hydrogen-bond acceptors (Lipinski definition) is 2. The van der Waals surface area contributed by atoms with E-state index in [1.54, 1.807) is 0 Å². The molecule has 1 aromatic carbocycles. The van der Waals surface area contributed by atoms with Crippen molar-refractivity contribution in [2.75, 3.05) is 25.0 Å². The highest BCUT2D eigenvalue weighted by Gasteiger charge is 2.07. The average molecular weight is 299 g/mol. The first kappa shape index (κ1) is 14.5. The van der Waals surface area contributed by atoms with E-state index in [2.05, 4.69) is 65.2 Å². The first-order chi connectivity index (χ1) is 8.19. The Balaban J connectivity index is 2.79. The van der Waals surface area contributed by atoms with Gasteiger partial charge in [-0.05, 0) is 37.1 Å². The molecule has 0 aromatic heterocycles. The molecule has 0 spiro atoms. The zero-order valence-electron chi connectivity index (χ0n) is 11.1. The fraction of sp³-hybridized carbons (Fsp3) is 0.571. The monoisotopic (exact) mass is 298 g/mol. The van der Waals surface area contributed by atoms with Gasteiger partial charge < -0.3 is 10.2 Å². The summed E-state index contributed by atoms with van der Waals surface area (Å²) in [6, 6.07) is 6.53. The quantitative estimate of drug-likeness (QED) is 0.771. The van der Waals surface area contributed by atoms with E-state index in [1.807, 2.05) is 0 Å². The van der Waals surface area contributed by atoms with Gasteiger partial charge in [0.25, 0.3) is 0 Å². The van der Waals surface area contributed by atoms with Crippen molar-refractivity contribution >= 4 is 21.6 Å². The number of benzene rings is 1. The Morgan fingerprint density at radius 2 is 2.00 bits per heavy atom. The minimum atomic E-state index is 0.949. The number of anilines is 1. The van der Waals surface area contributed by atoms with Crippen molar-refractivity contribution in [3.63, 3.8) is 0 Å². The molecule has 0 atom stereocenters. The summed E-state index contributed by atoms with van der Waals surface area (Å²) in [6.07, 6.45) is 2.35. The Kier molecular flexibility index (Phi) is 6.60. The number of rotatable bonds is 7. The predicted molar refractivity (Wildman–Crippen MR) is 79.7 cm³/mol. The molecule has 0 heterocycles. The Morgan fingerprint density at radius 1 is 1.24 bits per heavy atom. The number of hydrogen-bond donors (Lipinski definition) is 1. The smallest absolute Gasteiger partial charge is 0.0420 e. The van der Waals surface area contributed by atoms with E-state index in [0.717, 1.165) is 24.1 Å². The molecule has 0 fully saturated rings. The molecule has 1 rings (SSSR count). The zero-order valence-corrected chi connectivity index (χ0v) is 12.7. The third kappa shape index (κ3) is 4.68. The highest BCUT2D eigenvalue weighted by molar-refractivity contribution is 9.10. The maximum Gasteiger partial charge on any atom is 0.0420 e. The molecule has 2 nitrogen and oxygen atoms in total. The molecular weight excluding hydrogens is 276 g/mol. The van der Waals surface area contributed by atoms with Crippen molar-refractivity contribution in [2.24, 2.45) is 0 Å². The average Bonchev–Trinajstić information content (AvgIpc) is 2.31. The molecular formula is C14H23BrN2. The Morgan fingerprint density at radius 3 is 2.65 bits per heavy atom. The Bertz CT molecular complexity index is 339. The molecule has 1 N–H and O–H groups in total. The number of halogens is 1. The molecule has 1 aromatic rings. The maximum absolute atomic E-state index is 3.55. The molecule has 0 aliphatic carbocycles. The molecule has 0 bridgehead atoms. The van der Waals surface area contributed by atoms with Crippen molar-refractivity contribution in [1.82, 2.24) is 5.32 Å². The highest BCUT2D eigenvalue weighted by atomic mass is 79.9. The van der Waals surface area contributed by atoms with E-state index >= 15 is 0 Å². The summed E-state index contributed by atoms with van der Waals surface area (Å²) in [5.74, 6) is 0. The van der Waals surface area contributed by atoms with E-state index in [1.165, 1.54) is 24.1 Å². The van der Waals surface area contributed by atoms with Crippen LogP contribution in [0.3, 0.4) is 0 Å². The SMILES string of the molecule is CCCNCc1ccc(Br)cc1N(C)CCC. The number of nitrogens with zero attached hydrogens (tertiary/aromatic N) is 1. The van der Waals surface area contributed by atoms with Crippen molar-refractivity contribution < 1.29 is 0 Å². The summed E-state index contributed by atoms with van der Waals surface area (Å²) in [5.41, 5.74) is 2.70. The van der Waals surface area contributed by atoms with Crippen LogP contribution in [0.1, 0.15) is 32.3 Å². The van der Waals surface area contributed by atoms with E-state index in [4.69, 9.17) is 0 Å². The van der Waals surface area contributed by atoms with Crippen LogP contribution in [0.2, 0.25) is 0 Å². The van der Waals surface area contributed by atoms with E-state index in [9.17, 15) is 0 Å². The van der Waals surface area contributed by atoms with Gasteiger partial charge in [0.1, 0.15) is 0 Å². The van der Waals surface area contributed by atoms with Crippen LogP contribution in [0.25, 0.3) is 0 Å². The summed E-state index contributed by atoms with van der Waals surface area (Å²) >= 11 is 3.55. The second-order valence-corrected chi connectivity index (χ2v) is 5.29. The largest absolute Gasteiger partial charge is 0.374 e. The maximum atomic E-state index is 3.55. The van der Waals surface area contributed by atoms with Crippen LogP contribution in [0.15, 0.2) is 22.7 Å². The Hall–Kier alpha value is -0.540. The lowest BCUT2D eigenvalue weighted by Crippen LogP contribution is -2.22. The lowest BCUT2D eigenvalue weighted by molar-refractivity contribution is 0.673. The van der Waals surface area contributed by atoms with E-state index in [-0.39, 0.29) is 0 Å². The summed E-state index contributed by atoms with van der Waals surface area (Å²) in [4.78, 5) is 2.33. The molecule has 0 amide bonds. The van der Waals surface area contributed by atoms with Crippen molar-refractivity contribution in [2.45, 2.75) is 33.2 Å². The second-order valence-electron chi connectivity index (χ2n) is 4.37. The second kappa shape index (κ2) is 7.72. The van der Waals surface area contributed by atoms with Crippen molar-refractivity contribution in [3.05, 3.63) is 28.2 Å². The summed E-state index contributed by atoms with van der Waals surface area (Å²) in [5, 5.41) is 3.47. The topological polar surface area (TPSA) is 15.3 Å². The summed E-state index contributed by atoms with van der Waals surface area (Å²) < 4.78 is 1.15. The standard InChI is InChI=1S/C14H23BrN2/c1-4-8-16-11-12-6-7-13(15)10-14(12)17(3)9-5-2/h6-7,10,16H,4-5,8-9,11H2,1-3H3. The minimum Gasteiger partial charge on any atom is -0.374 e. The van der Waals surface area contributed by atoms with Gasteiger partial charge in [-0.25, -0.2) is 0 Å². The molecule has 0 saturated carbocycles. The van der Waals surface area contributed by atoms with Crippen LogP contribution >= 0.6 is 15.9 Å². The fourth-order valence-corrected chi connectivity index (χ4v) is 2.25. The zero-order chi connectivity index (χ0) is 12.7. The van der Waals surface area contributed by atoms with Gasteiger partial charge in [-0.15, -0.1) is 0 Å². The molecule has 0 unspecified atom stereocenters. The molecule has 17 heavy (non-hydrogen) atoms. The van der Waals surface area contributed by atoms with Gasteiger partial charge in [-0.1, -0.05) is 35.8 Å². The van der Waals surface area contributed by atoms with E-state index in [0.29, 0.717) is 0 Å². The van der Waals surface area contributed by atoms with Gasteiger partial charge in [0.15, 0.2) is 0 Å². The normalized spacial score (nSPS) is 10.6. The van der Waals surface area contributed by atoms with Crippen LogP contribution < -0.4 is 10.2 Å². The van der Waals surface area contributed by atoms with Crippen LogP contribution in [-0.2, 0) is 6.54 Å². The van der Waals surface area contributed by atoms with E-state index < -0.39 is 0 Å². The number of nitrogens with one attached hydrogen (secondary N) is 1. The van der Waals surface area contributed by atoms with Crippen LogP contribution in [0.4, 0.5) is 5.69 Å². The lowest BCUT2D eigenvalue weighted by atomic mass is 10.1. The molecule has 3 heteroatoms. The van der Waals surface area contributed by atoms with Gasteiger partial charge >= 0.3 is 0 Å². The molecule has 0 aliphatic heterocycles. The molecule has 0 radical (unpaired) electrons. The van der Waals surface area contributed by atoms with Crippen LogP contribution in [0, 0.1) is 0 Å². The molecule has 0 saturated heterocycles. The third-order valence-corrected chi connectivity index (χ3v) is 3.25. The van der Waals surface area contributed by atoms with Crippen LogP contribution in [-0.4, -0.2) is 20.1 Å². The van der Waals surface area contributed by atoms with Gasteiger partial charge in [0, 0.05) is 30.3 Å². The molecule has 0 aliphatic rings. The van der Waals surface area contributed by atoms with Crippen molar-refractivity contribution in [3.8, 4) is 0 Å².